The second-order valence-corrected chi connectivity index (χ2v) is 20.6. The minimum atomic E-state index is -0.761. The molecule has 1 unspecified atom stereocenters. The van der Waals surface area contributed by atoms with Crippen LogP contribution in [0.3, 0.4) is 0 Å². The van der Waals surface area contributed by atoms with Gasteiger partial charge in [-0.25, -0.2) is 0 Å². The van der Waals surface area contributed by atoms with Crippen LogP contribution in [0.2, 0.25) is 0 Å². The van der Waals surface area contributed by atoms with E-state index in [-0.39, 0.29) is 31.1 Å². The summed E-state index contributed by atoms with van der Waals surface area (Å²) in [5, 5.41) is 0. The Kier molecular flexibility index (Phi) is 54.7. The monoisotopic (exact) mass is 933 g/mol. The van der Waals surface area contributed by atoms with E-state index in [9.17, 15) is 14.4 Å². The third kappa shape index (κ3) is 53.4. The molecule has 0 saturated carbocycles. The molecule has 0 rings (SSSR count). The molecule has 0 heterocycles. The molecule has 0 spiro atoms. The Morgan fingerprint density at radius 3 is 0.606 bits per heavy atom. The molecule has 0 radical (unpaired) electrons. The number of unbranched alkanes of at least 4 members (excludes halogenated alkanes) is 45. The van der Waals surface area contributed by atoms with Crippen LogP contribution in [-0.2, 0) is 28.6 Å². The average molecular weight is 934 g/mol. The third-order valence-corrected chi connectivity index (χ3v) is 13.9. The molecular weight excluding hydrogens is 817 g/mol. The van der Waals surface area contributed by atoms with Gasteiger partial charge in [-0.05, 0) is 19.3 Å². The van der Waals surface area contributed by atoms with Crippen molar-refractivity contribution in [3.63, 3.8) is 0 Å². The van der Waals surface area contributed by atoms with Gasteiger partial charge in [0, 0.05) is 19.3 Å². The molecule has 0 bridgehead atoms. The Balaban J connectivity index is 4.20. The molecule has 0 saturated heterocycles. The van der Waals surface area contributed by atoms with Crippen LogP contribution in [0.5, 0.6) is 0 Å². The summed E-state index contributed by atoms with van der Waals surface area (Å²) in [6.07, 6.45) is 62.4. The molecule has 0 aromatic rings. The fourth-order valence-electron chi connectivity index (χ4n) is 9.33. The topological polar surface area (TPSA) is 78.9 Å². The summed E-state index contributed by atoms with van der Waals surface area (Å²) in [6.45, 7) is 6.71. The van der Waals surface area contributed by atoms with Crippen LogP contribution in [0.1, 0.15) is 348 Å². The molecule has 1 atom stereocenters. The summed E-state index contributed by atoms with van der Waals surface area (Å²) >= 11 is 0. The van der Waals surface area contributed by atoms with E-state index < -0.39 is 6.10 Å². The summed E-state index contributed by atoms with van der Waals surface area (Å²) in [5.41, 5.74) is 0. The number of carbonyl (C=O) groups excluding carboxylic acids is 3. The molecule has 0 aliphatic rings. The van der Waals surface area contributed by atoms with E-state index in [1.165, 1.54) is 250 Å². The highest BCUT2D eigenvalue weighted by Crippen LogP contribution is 2.18. The Morgan fingerprint density at radius 1 is 0.242 bits per heavy atom. The van der Waals surface area contributed by atoms with Crippen LogP contribution in [0.25, 0.3) is 0 Å². The van der Waals surface area contributed by atoms with Crippen molar-refractivity contribution in [2.24, 2.45) is 0 Å². The number of ether oxygens (including phenoxy) is 3. The van der Waals surface area contributed by atoms with E-state index in [1.54, 1.807) is 0 Å². The van der Waals surface area contributed by atoms with Crippen LogP contribution in [0.15, 0.2) is 0 Å². The first kappa shape index (κ1) is 64.4. The van der Waals surface area contributed by atoms with Crippen LogP contribution in [0, 0.1) is 0 Å². The number of rotatable bonds is 56. The van der Waals surface area contributed by atoms with Crippen molar-refractivity contribution < 1.29 is 28.6 Å². The van der Waals surface area contributed by atoms with Gasteiger partial charge in [0.25, 0.3) is 0 Å². The Bertz CT molecular complexity index is 982. The van der Waals surface area contributed by atoms with Crippen LogP contribution in [-0.4, -0.2) is 37.2 Å². The zero-order valence-corrected chi connectivity index (χ0v) is 45.0. The second-order valence-electron chi connectivity index (χ2n) is 20.6. The highest BCUT2D eigenvalue weighted by Gasteiger charge is 2.19. The van der Waals surface area contributed by atoms with E-state index in [4.69, 9.17) is 14.2 Å². The largest absolute Gasteiger partial charge is 0.462 e. The second kappa shape index (κ2) is 56.0. The minimum Gasteiger partial charge on any atom is -0.462 e. The summed E-state index contributed by atoms with van der Waals surface area (Å²) in [5.74, 6) is -0.832. The van der Waals surface area contributed by atoms with Gasteiger partial charge in [0.1, 0.15) is 13.2 Å². The van der Waals surface area contributed by atoms with Crippen molar-refractivity contribution in [2.45, 2.75) is 354 Å². The van der Waals surface area contributed by atoms with E-state index in [1.807, 2.05) is 0 Å². The minimum absolute atomic E-state index is 0.0610. The zero-order chi connectivity index (χ0) is 47.9. The first-order chi connectivity index (χ1) is 32.5. The van der Waals surface area contributed by atoms with Crippen molar-refractivity contribution >= 4 is 17.9 Å². The highest BCUT2D eigenvalue weighted by atomic mass is 16.6. The number of hydrogen-bond donors (Lipinski definition) is 0. The maximum absolute atomic E-state index is 12.8. The SMILES string of the molecule is CCCCCCCCCCCCCCCCCCCCCCCCC(=O)OCC(COC(=O)CCCCCCCCCCCCCC)OC(=O)CCCCCCCCCCCCCCCC. The van der Waals surface area contributed by atoms with Crippen molar-refractivity contribution in [3.8, 4) is 0 Å². The van der Waals surface area contributed by atoms with Gasteiger partial charge in [0.05, 0.1) is 0 Å². The standard InChI is InChI=1S/C60H116O6/c1-4-7-10-13-16-19-22-25-27-28-29-30-31-32-33-34-36-38-41-44-47-50-53-59(62)65-56-57(55-64-58(61)52-49-46-43-40-37-24-21-18-15-12-9-6-3)66-60(63)54-51-48-45-42-39-35-26-23-20-17-14-11-8-5-2/h57H,4-56H2,1-3H3. The van der Waals surface area contributed by atoms with Crippen molar-refractivity contribution in [3.05, 3.63) is 0 Å². The molecule has 0 aliphatic heterocycles. The van der Waals surface area contributed by atoms with Crippen LogP contribution < -0.4 is 0 Å². The van der Waals surface area contributed by atoms with Gasteiger partial charge in [-0.1, -0.05) is 310 Å². The molecule has 0 amide bonds. The number of carbonyl (C=O) groups is 3. The molecule has 0 aromatic carbocycles. The molecule has 0 aliphatic carbocycles. The van der Waals surface area contributed by atoms with Gasteiger partial charge in [-0.3, -0.25) is 14.4 Å². The van der Waals surface area contributed by atoms with Crippen LogP contribution in [0.4, 0.5) is 0 Å². The van der Waals surface area contributed by atoms with Gasteiger partial charge in [-0.2, -0.15) is 0 Å². The van der Waals surface area contributed by atoms with Gasteiger partial charge in [0.2, 0.25) is 0 Å². The molecule has 6 nitrogen and oxygen atoms in total. The summed E-state index contributed by atoms with van der Waals surface area (Å²) in [7, 11) is 0. The van der Waals surface area contributed by atoms with Gasteiger partial charge in [0.15, 0.2) is 6.10 Å². The lowest BCUT2D eigenvalue weighted by atomic mass is 10.0. The Labute approximate surface area is 412 Å². The smallest absolute Gasteiger partial charge is 0.306 e. The summed E-state index contributed by atoms with van der Waals surface area (Å²) in [4.78, 5) is 38.1. The molecule has 6 heteroatoms. The average Bonchev–Trinajstić information content (AvgIpc) is 3.31. The lowest BCUT2D eigenvalue weighted by Gasteiger charge is -2.18. The summed E-state index contributed by atoms with van der Waals surface area (Å²) < 4.78 is 16.9. The highest BCUT2D eigenvalue weighted by molar-refractivity contribution is 5.71. The Morgan fingerprint density at radius 2 is 0.409 bits per heavy atom. The fourth-order valence-corrected chi connectivity index (χ4v) is 9.33. The van der Waals surface area contributed by atoms with Gasteiger partial charge in [-0.15, -0.1) is 0 Å². The first-order valence-corrected chi connectivity index (χ1v) is 30.0. The molecule has 0 fully saturated rings. The molecule has 0 aromatic heterocycles. The van der Waals surface area contributed by atoms with E-state index in [2.05, 4.69) is 20.8 Å². The molecule has 0 N–H and O–H groups in total. The number of hydrogen-bond acceptors (Lipinski definition) is 6. The molecule has 66 heavy (non-hydrogen) atoms. The zero-order valence-electron chi connectivity index (χ0n) is 45.0. The predicted octanol–water partition coefficient (Wildman–Crippen LogP) is 19.9. The predicted molar refractivity (Wildman–Crippen MR) is 284 cm³/mol. The third-order valence-electron chi connectivity index (χ3n) is 13.9. The fraction of sp³-hybridized carbons (Fsp3) is 0.950. The Hall–Kier alpha value is -1.59. The first-order valence-electron chi connectivity index (χ1n) is 30.0. The van der Waals surface area contributed by atoms with Gasteiger partial charge < -0.3 is 14.2 Å². The van der Waals surface area contributed by atoms with E-state index in [0.29, 0.717) is 19.3 Å². The maximum Gasteiger partial charge on any atom is 0.306 e. The van der Waals surface area contributed by atoms with Crippen molar-refractivity contribution in [1.29, 1.82) is 0 Å². The normalized spacial score (nSPS) is 11.9. The molecular formula is C60H116O6. The quantitative estimate of drug-likeness (QED) is 0.0343. The van der Waals surface area contributed by atoms with E-state index in [0.717, 1.165) is 57.8 Å². The maximum atomic E-state index is 12.8. The molecule has 392 valence electrons. The van der Waals surface area contributed by atoms with Crippen molar-refractivity contribution in [2.75, 3.05) is 13.2 Å². The van der Waals surface area contributed by atoms with E-state index >= 15 is 0 Å². The van der Waals surface area contributed by atoms with Crippen LogP contribution >= 0.6 is 0 Å². The number of esters is 3. The summed E-state index contributed by atoms with van der Waals surface area (Å²) in [6, 6.07) is 0. The lowest BCUT2D eigenvalue weighted by molar-refractivity contribution is -0.167. The van der Waals surface area contributed by atoms with Gasteiger partial charge >= 0.3 is 17.9 Å². The lowest BCUT2D eigenvalue weighted by Crippen LogP contribution is -2.30. The van der Waals surface area contributed by atoms with Crippen molar-refractivity contribution in [1.82, 2.24) is 0 Å².